The molecule has 1 rings (SSSR count). The van der Waals surface area contributed by atoms with Crippen LogP contribution in [0.1, 0.15) is 19.4 Å². The van der Waals surface area contributed by atoms with E-state index in [4.69, 9.17) is 27.9 Å². The molecule has 0 aromatic heterocycles. The summed E-state index contributed by atoms with van der Waals surface area (Å²) >= 11 is 11.6. The Labute approximate surface area is 88.6 Å². The van der Waals surface area contributed by atoms with Gasteiger partial charge >= 0.3 is 0 Å². The van der Waals surface area contributed by atoms with Gasteiger partial charge in [0.1, 0.15) is 0 Å². The Morgan fingerprint density at radius 3 is 2.46 bits per heavy atom. The third-order valence-electron chi connectivity index (χ3n) is 1.57. The Hall–Kier alpha value is -0.240. The summed E-state index contributed by atoms with van der Waals surface area (Å²) in [6.45, 7) is 4.57. The van der Waals surface area contributed by atoms with Gasteiger partial charge in [-0.05, 0) is 31.5 Å². The third kappa shape index (κ3) is 3.55. The van der Waals surface area contributed by atoms with Gasteiger partial charge in [-0.15, -0.1) is 0 Å². The molecule has 0 unspecified atom stereocenters. The van der Waals surface area contributed by atoms with Crippen LogP contribution < -0.4 is 0 Å². The summed E-state index contributed by atoms with van der Waals surface area (Å²) in [5, 5.41) is 1.15. The molecule has 0 aliphatic carbocycles. The predicted molar refractivity (Wildman–Crippen MR) is 56.4 cm³/mol. The zero-order chi connectivity index (χ0) is 9.84. The van der Waals surface area contributed by atoms with Crippen LogP contribution in [0.2, 0.25) is 10.0 Å². The SMILES string of the molecule is CC(C)OCc1ccc(Cl)c(Cl)c1. The van der Waals surface area contributed by atoms with Crippen molar-refractivity contribution < 1.29 is 4.74 Å². The Bertz CT molecular complexity index is 284. The standard InChI is InChI=1S/C10H12Cl2O/c1-7(2)13-6-8-3-4-9(11)10(12)5-8/h3-5,7H,6H2,1-2H3. The number of ether oxygens (including phenoxy) is 1. The Kier molecular flexibility index (Phi) is 4.04. The number of rotatable bonds is 3. The van der Waals surface area contributed by atoms with Gasteiger partial charge in [-0.1, -0.05) is 29.3 Å². The fraction of sp³-hybridized carbons (Fsp3) is 0.400. The van der Waals surface area contributed by atoms with E-state index in [0.29, 0.717) is 16.7 Å². The zero-order valence-electron chi connectivity index (χ0n) is 7.68. The normalized spacial score (nSPS) is 10.8. The number of halogens is 2. The van der Waals surface area contributed by atoms with Gasteiger partial charge in [0.2, 0.25) is 0 Å². The van der Waals surface area contributed by atoms with Crippen molar-refractivity contribution in [1.82, 2.24) is 0 Å². The first-order chi connectivity index (χ1) is 6.09. The predicted octanol–water partition coefficient (Wildman–Crippen LogP) is 3.92. The molecule has 0 aliphatic heterocycles. The summed E-state index contributed by atoms with van der Waals surface area (Å²) < 4.78 is 5.42. The summed E-state index contributed by atoms with van der Waals surface area (Å²) in [5.74, 6) is 0. The summed E-state index contributed by atoms with van der Waals surface area (Å²) in [6.07, 6.45) is 0.231. The summed E-state index contributed by atoms with van der Waals surface area (Å²) in [4.78, 5) is 0. The van der Waals surface area contributed by atoms with Crippen LogP contribution >= 0.6 is 23.2 Å². The minimum Gasteiger partial charge on any atom is -0.374 e. The first-order valence-electron chi connectivity index (χ1n) is 4.15. The average molecular weight is 219 g/mol. The molecule has 0 saturated heterocycles. The molecular weight excluding hydrogens is 207 g/mol. The Morgan fingerprint density at radius 1 is 1.23 bits per heavy atom. The minimum absolute atomic E-state index is 0.231. The highest BCUT2D eigenvalue weighted by Gasteiger charge is 2.00. The average Bonchev–Trinajstić information content (AvgIpc) is 2.07. The lowest BCUT2D eigenvalue weighted by Gasteiger charge is -2.07. The van der Waals surface area contributed by atoms with E-state index in [0.717, 1.165) is 5.56 Å². The highest BCUT2D eigenvalue weighted by molar-refractivity contribution is 6.41. The molecule has 0 spiro atoms. The van der Waals surface area contributed by atoms with Crippen molar-refractivity contribution in [1.29, 1.82) is 0 Å². The lowest BCUT2D eigenvalue weighted by atomic mass is 10.2. The van der Waals surface area contributed by atoms with Crippen LogP contribution in [0.15, 0.2) is 18.2 Å². The number of hydrogen-bond donors (Lipinski definition) is 0. The lowest BCUT2D eigenvalue weighted by Crippen LogP contribution is -2.01. The van der Waals surface area contributed by atoms with E-state index in [1.165, 1.54) is 0 Å². The molecular formula is C10H12Cl2O. The third-order valence-corrected chi connectivity index (χ3v) is 2.31. The molecule has 0 N–H and O–H groups in total. The zero-order valence-corrected chi connectivity index (χ0v) is 9.19. The smallest absolute Gasteiger partial charge is 0.0720 e. The fourth-order valence-electron chi connectivity index (χ4n) is 0.892. The van der Waals surface area contributed by atoms with E-state index in [2.05, 4.69) is 0 Å². The van der Waals surface area contributed by atoms with Crippen molar-refractivity contribution in [3.63, 3.8) is 0 Å². The topological polar surface area (TPSA) is 9.23 Å². The van der Waals surface area contributed by atoms with Crippen LogP contribution in [-0.2, 0) is 11.3 Å². The van der Waals surface area contributed by atoms with E-state index in [9.17, 15) is 0 Å². The largest absolute Gasteiger partial charge is 0.374 e. The van der Waals surface area contributed by atoms with E-state index >= 15 is 0 Å². The van der Waals surface area contributed by atoms with Crippen molar-refractivity contribution in [3.05, 3.63) is 33.8 Å². The maximum Gasteiger partial charge on any atom is 0.0720 e. The monoisotopic (exact) mass is 218 g/mol. The van der Waals surface area contributed by atoms with Crippen LogP contribution in [0, 0.1) is 0 Å². The highest BCUT2D eigenvalue weighted by atomic mass is 35.5. The second-order valence-corrected chi connectivity index (χ2v) is 3.92. The van der Waals surface area contributed by atoms with E-state index < -0.39 is 0 Å². The number of hydrogen-bond acceptors (Lipinski definition) is 1. The molecule has 0 saturated carbocycles. The van der Waals surface area contributed by atoms with Gasteiger partial charge in [0.05, 0.1) is 22.8 Å². The van der Waals surface area contributed by atoms with Gasteiger partial charge in [0.25, 0.3) is 0 Å². The van der Waals surface area contributed by atoms with Gasteiger partial charge in [-0.3, -0.25) is 0 Å². The van der Waals surface area contributed by atoms with Crippen molar-refractivity contribution in [2.24, 2.45) is 0 Å². The van der Waals surface area contributed by atoms with Gasteiger partial charge in [0, 0.05) is 0 Å². The maximum absolute atomic E-state index is 5.84. The maximum atomic E-state index is 5.84. The summed E-state index contributed by atoms with van der Waals surface area (Å²) in [7, 11) is 0. The second kappa shape index (κ2) is 4.85. The summed E-state index contributed by atoms with van der Waals surface area (Å²) in [6, 6.07) is 5.52. The minimum atomic E-state index is 0.231. The first-order valence-corrected chi connectivity index (χ1v) is 4.90. The van der Waals surface area contributed by atoms with Crippen LogP contribution in [0.4, 0.5) is 0 Å². The molecule has 72 valence electrons. The molecule has 0 atom stereocenters. The van der Waals surface area contributed by atoms with Gasteiger partial charge in [0.15, 0.2) is 0 Å². The second-order valence-electron chi connectivity index (χ2n) is 3.11. The molecule has 13 heavy (non-hydrogen) atoms. The van der Waals surface area contributed by atoms with Gasteiger partial charge in [-0.2, -0.15) is 0 Å². The molecule has 0 fully saturated rings. The van der Waals surface area contributed by atoms with Crippen LogP contribution in [0.5, 0.6) is 0 Å². The molecule has 0 aliphatic rings. The molecule has 0 heterocycles. The van der Waals surface area contributed by atoms with Gasteiger partial charge in [-0.25, -0.2) is 0 Å². The van der Waals surface area contributed by atoms with E-state index in [1.54, 1.807) is 6.07 Å². The molecule has 1 nitrogen and oxygen atoms in total. The van der Waals surface area contributed by atoms with Crippen molar-refractivity contribution in [2.45, 2.75) is 26.6 Å². The molecule has 0 amide bonds. The van der Waals surface area contributed by atoms with Crippen molar-refractivity contribution >= 4 is 23.2 Å². The molecule has 1 aromatic rings. The van der Waals surface area contributed by atoms with Crippen molar-refractivity contribution in [2.75, 3.05) is 0 Å². The van der Waals surface area contributed by atoms with Crippen LogP contribution in [0.25, 0.3) is 0 Å². The first kappa shape index (κ1) is 10.8. The van der Waals surface area contributed by atoms with Crippen LogP contribution in [-0.4, -0.2) is 6.10 Å². The Balaban J connectivity index is 2.63. The molecule has 0 bridgehead atoms. The summed E-state index contributed by atoms with van der Waals surface area (Å²) in [5.41, 5.74) is 1.04. The fourth-order valence-corrected chi connectivity index (χ4v) is 1.21. The quantitative estimate of drug-likeness (QED) is 0.748. The van der Waals surface area contributed by atoms with Gasteiger partial charge < -0.3 is 4.74 Å². The lowest BCUT2D eigenvalue weighted by molar-refractivity contribution is 0.0657. The highest BCUT2D eigenvalue weighted by Crippen LogP contribution is 2.22. The van der Waals surface area contributed by atoms with Crippen molar-refractivity contribution in [3.8, 4) is 0 Å². The van der Waals surface area contributed by atoms with E-state index in [1.807, 2.05) is 26.0 Å². The molecule has 1 aromatic carbocycles. The molecule has 0 radical (unpaired) electrons. The molecule has 3 heteroatoms. The van der Waals surface area contributed by atoms with Crippen LogP contribution in [0.3, 0.4) is 0 Å². The van der Waals surface area contributed by atoms with E-state index in [-0.39, 0.29) is 6.10 Å². The Morgan fingerprint density at radius 2 is 1.92 bits per heavy atom. The number of benzene rings is 1.